The second-order valence-corrected chi connectivity index (χ2v) is 8.66. The molecule has 0 aliphatic carbocycles. The van der Waals surface area contributed by atoms with E-state index in [4.69, 9.17) is 0 Å². The molecule has 4 nitrogen and oxygen atoms in total. The van der Waals surface area contributed by atoms with Gasteiger partial charge < -0.3 is 5.32 Å². The third-order valence-electron chi connectivity index (χ3n) is 4.40. The molecule has 1 N–H and O–H groups in total. The summed E-state index contributed by atoms with van der Waals surface area (Å²) < 4.78 is 24.6. The predicted molar refractivity (Wildman–Crippen MR) is 101 cm³/mol. The largest absolute Gasteiger partial charge is 0.349 e. The van der Waals surface area contributed by atoms with Crippen LogP contribution in [-0.2, 0) is 20.4 Å². The number of aryl methyl sites for hydroxylation is 3. The second kappa shape index (κ2) is 7.83. The van der Waals surface area contributed by atoms with Crippen molar-refractivity contribution in [2.75, 3.05) is 5.75 Å². The van der Waals surface area contributed by atoms with E-state index in [1.54, 1.807) is 12.1 Å². The molecule has 0 aromatic heterocycles. The molecule has 2 aromatic rings. The number of hydrogen-bond donors (Lipinski definition) is 1. The first kappa shape index (κ1) is 19.2. The van der Waals surface area contributed by atoms with Gasteiger partial charge in [0.2, 0.25) is 5.91 Å². The minimum Gasteiger partial charge on any atom is -0.349 e. The Hall–Kier alpha value is -2.14. The molecule has 1 atom stereocenters. The summed E-state index contributed by atoms with van der Waals surface area (Å²) in [6, 6.07) is 13.1. The summed E-state index contributed by atoms with van der Waals surface area (Å²) >= 11 is 0. The van der Waals surface area contributed by atoms with Gasteiger partial charge in [0.25, 0.3) is 0 Å². The molecule has 0 radical (unpaired) electrons. The Kier molecular flexibility index (Phi) is 6.01. The van der Waals surface area contributed by atoms with E-state index in [1.165, 1.54) is 5.56 Å². The van der Waals surface area contributed by atoms with E-state index in [1.807, 2.05) is 58.0 Å². The van der Waals surface area contributed by atoms with Crippen LogP contribution in [0.15, 0.2) is 42.5 Å². The van der Waals surface area contributed by atoms with Crippen molar-refractivity contribution < 1.29 is 13.2 Å². The van der Waals surface area contributed by atoms with Crippen LogP contribution in [-0.4, -0.2) is 20.1 Å². The van der Waals surface area contributed by atoms with Crippen LogP contribution in [0.4, 0.5) is 0 Å². The molecule has 0 saturated heterocycles. The molecule has 5 heteroatoms. The zero-order valence-corrected chi connectivity index (χ0v) is 16.0. The van der Waals surface area contributed by atoms with Crippen LogP contribution in [0.5, 0.6) is 0 Å². The molecular formula is C20H25NO3S. The molecule has 1 amide bonds. The molecule has 0 saturated carbocycles. The molecule has 0 heterocycles. The fraction of sp³-hybridized carbons (Fsp3) is 0.350. The monoisotopic (exact) mass is 359 g/mol. The number of benzene rings is 2. The first-order valence-electron chi connectivity index (χ1n) is 8.29. The van der Waals surface area contributed by atoms with Gasteiger partial charge in [-0.3, -0.25) is 4.79 Å². The Morgan fingerprint density at radius 3 is 2.32 bits per heavy atom. The minimum absolute atomic E-state index is 0.120. The van der Waals surface area contributed by atoms with Gasteiger partial charge in [0.05, 0.1) is 11.8 Å². The number of carbonyl (C=O) groups is 1. The Morgan fingerprint density at radius 2 is 1.68 bits per heavy atom. The molecular weight excluding hydrogens is 334 g/mol. The lowest BCUT2D eigenvalue weighted by molar-refractivity contribution is -0.119. The van der Waals surface area contributed by atoms with Gasteiger partial charge in [-0.05, 0) is 55.5 Å². The maximum absolute atomic E-state index is 12.3. The van der Waals surface area contributed by atoms with E-state index in [0.29, 0.717) is 0 Å². The van der Waals surface area contributed by atoms with Crippen LogP contribution in [0.3, 0.4) is 0 Å². The fourth-order valence-electron chi connectivity index (χ4n) is 2.66. The van der Waals surface area contributed by atoms with Crippen LogP contribution in [0.1, 0.15) is 40.8 Å². The number of amides is 1. The van der Waals surface area contributed by atoms with E-state index >= 15 is 0 Å². The molecule has 134 valence electrons. The summed E-state index contributed by atoms with van der Waals surface area (Å²) in [6.07, 6.45) is 0. The Bertz CT molecular complexity index is 872. The lowest BCUT2D eigenvalue weighted by Gasteiger charge is -2.16. The average molecular weight is 359 g/mol. The molecule has 0 aliphatic rings. The summed E-state index contributed by atoms with van der Waals surface area (Å²) in [7, 11) is -3.51. The van der Waals surface area contributed by atoms with Crippen LogP contribution < -0.4 is 5.32 Å². The summed E-state index contributed by atoms with van der Waals surface area (Å²) in [5, 5.41) is 2.78. The lowest BCUT2D eigenvalue weighted by atomic mass is 10.0. The molecule has 25 heavy (non-hydrogen) atoms. The molecule has 0 spiro atoms. The van der Waals surface area contributed by atoms with Crippen molar-refractivity contribution in [1.29, 1.82) is 0 Å². The van der Waals surface area contributed by atoms with Crippen molar-refractivity contribution in [2.24, 2.45) is 0 Å². The van der Waals surface area contributed by atoms with Gasteiger partial charge in [0.15, 0.2) is 9.84 Å². The second-order valence-electron chi connectivity index (χ2n) is 6.59. The number of nitrogens with one attached hydrogen (secondary N) is 1. The highest BCUT2D eigenvalue weighted by Gasteiger charge is 2.20. The molecule has 2 rings (SSSR count). The lowest BCUT2D eigenvalue weighted by Crippen LogP contribution is -2.33. The molecule has 0 fully saturated rings. The van der Waals surface area contributed by atoms with Gasteiger partial charge in [-0.1, -0.05) is 42.5 Å². The van der Waals surface area contributed by atoms with Crippen molar-refractivity contribution in [2.45, 2.75) is 39.5 Å². The van der Waals surface area contributed by atoms with Crippen molar-refractivity contribution >= 4 is 15.7 Å². The summed E-state index contributed by atoms with van der Waals surface area (Å²) in [4.78, 5) is 12.2. The maximum atomic E-state index is 12.3. The third kappa shape index (κ3) is 5.43. The van der Waals surface area contributed by atoms with E-state index in [0.717, 1.165) is 22.3 Å². The van der Waals surface area contributed by atoms with Crippen LogP contribution >= 0.6 is 0 Å². The highest BCUT2D eigenvalue weighted by atomic mass is 32.2. The van der Waals surface area contributed by atoms with Crippen LogP contribution in [0, 0.1) is 20.8 Å². The SMILES string of the molecule is Cc1ccc(C(C)NC(=O)CS(=O)(=O)Cc2ccccc2C)cc1C. The van der Waals surface area contributed by atoms with Crippen molar-refractivity contribution in [1.82, 2.24) is 5.32 Å². The molecule has 0 aliphatic heterocycles. The summed E-state index contributed by atoms with van der Waals surface area (Å²) in [6.45, 7) is 7.77. The Labute approximate surface area is 150 Å². The normalized spacial score (nSPS) is 12.6. The van der Waals surface area contributed by atoms with Gasteiger partial charge in [-0.25, -0.2) is 8.42 Å². The van der Waals surface area contributed by atoms with Gasteiger partial charge in [0, 0.05) is 0 Å². The van der Waals surface area contributed by atoms with Gasteiger partial charge >= 0.3 is 0 Å². The zero-order valence-electron chi connectivity index (χ0n) is 15.2. The predicted octanol–water partition coefficient (Wildman–Crippen LogP) is 3.40. The van der Waals surface area contributed by atoms with Crippen LogP contribution in [0.25, 0.3) is 0 Å². The summed E-state index contributed by atoms with van der Waals surface area (Å²) in [5.41, 5.74) is 4.94. The van der Waals surface area contributed by atoms with Crippen molar-refractivity contribution in [3.8, 4) is 0 Å². The number of rotatable bonds is 6. The first-order chi connectivity index (χ1) is 11.7. The van der Waals surface area contributed by atoms with Gasteiger partial charge in [-0.15, -0.1) is 0 Å². The van der Waals surface area contributed by atoms with Crippen LogP contribution in [0.2, 0.25) is 0 Å². The summed E-state index contributed by atoms with van der Waals surface area (Å²) in [5.74, 6) is -1.10. The highest BCUT2D eigenvalue weighted by molar-refractivity contribution is 7.91. The third-order valence-corrected chi connectivity index (χ3v) is 5.85. The Balaban J connectivity index is 2.01. The topological polar surface area (TPSA) is 63.2 Å². The maximum Gasteiger partial charge on any atom is 0.235 e. The van der Waals surface area contributed by atoms with E-state index < -0.39 is 21.5 Å². The van der Waals surface area contributed by atoms with Crippen molar-refractivity contribution in [3.63, 3.8) is 0 Å². The van der Waals surface area contributed by atoms with E-state index in [-0.39, 0.29) is 11.8 Å². The molecule has 2 aromatic carbocycles. The minimum atomic E-state index is -3.51. The average Bonchev–Trinajstić information content (AvgIpc) is 2.51. The first-order valence-corrected chi connectivity index (χ1v) is 10.1. The quantitative estimate of drug-likeness (QED) is 0.860. The van der Waals surface area contributed by atoms with E-state index in [9.17, 15) is 13.2 Å². The highest BCUT2D eigenvalue weighted by Crippen LogP contribution is 2.17. The smallest absolute Gasteiger partial charge is 0.235 e. The standard InChI is InChI=1S/C20H25NO3S/c1-14-9-10-18(11-16(14)3)17(4)21-20(22)13-25(23,24)12-19-8-6-5-7-15(19)2/h5-11,17H,12-13H2,1-4H3,(H,21,22). The van der Waals surface area contributed by atoms with Gasteiger partial charge in [-0.2, -0.15) is 0 Å². The number of hydrogen-bond acceptors (Lipinski definition) is 3. The van der Waals surface area contributed by atoms with Gasteiger partial charge in [0.1, 0.15) is 5.75 Å². The fourth-order valence-corrected chi connectivity index (χ4v) is 4.04. The Morgan fingerprint density at radius 1 is 1.00 bits per heavy atom. The molecule has 0 bridgehead atoms. The number of carbonyl (C=O) groups excluding carboxylic acids is 1. The van der Waals surface area contributed by atoms with Crippen molar-refractivity contribution in [3.05, 3.63) is 70.3 Å². The number of sulfone groups is 1. The molecule has 1 unspecified atom stereocenters. The van der Waals surface area contributed by atoms with E-state index in [2.05, 4.69) is 5.32 Å². The zero-order chi connectivity index (χ0) is 18.6.